The monoisotopic (exact) mass is 211 g/mol. The highest BCUT2D eigenvalue weighted by molar-refractivity contribution is 5.70. The van der Waals surface area contributed by atoms with Gasteiger partial charge in [-0.2, -0.15) is 0 Å². The minimum atomic E-state index is 0.412. The normalized spacial score (nSPS) is 13.1. The van der Waals surface area contributed by atoms with E-state index in [2.05, 4.69) is 34.2 Å². The van der Waals surface area contributed by atoms with E-state index < -0.39 is 0 Å². The van der Waals surface area contributed by atoms with Crippen LogP contribution in [0.4, 0.5) is 0 Å². The quantitative estimate of drug-likeness (QED) is 0.781. The minimum Gasteiger partial charge on any atom is -0.324 e. The first-order valence-electron chi connectivity index (χ1n) is 5.51. The Kier molecular flexibility index (Phi) is 2.18. The summed E-state index contributed by atoms with van der Waals surface area (Å²) >= 11 is 0. The fourth-order valence-corrected chi connectivity index (χ4v) is 2.23. The fourth-order valence-electron chi connectivity index (χ4n) is 2.23. The summed E-state index contributed by atoms with van der Waals surface area (Å²) < 4.78 is 0. The van der Waals surface area contributed by atoms with E-state index in [4.69, 9.17) is 5.73 Å². The van der Waals surface area contributed by atoms with Crippen LogP contribution >= 0.6 is 0 Å². The number of nitrogens with zero attached hydrogens (tertiary/aromatic N) is 2. The van der Waals surface area contributed by atoms with Gasteiger partial charge in [0.15, 0.2) is 0 Å². The zero-order valence-electron chi connectivity index (χ0n) is 8.98. The van der Waals surface area contributed by atoms with Crippen molar-refractivity contribution in [3.05, 3.63) is 47.5 Å². The second kappa shape index (κ2) is 3.68. The van der Waals surface area contributed by atoms with Crippen molar-refractivity contribution >= 4 is 0 Å². The molecule has 0 spiro atoms. The third-order valence-corrected chi connectivity index (χ3v) is 3.04. The molecular formula is C13H13N3. The summed E-state index contributed by atoms with van der Waals surface area (Å²) in [6.45, 7) is 0.412. The van der Waals surface area contributed by atoms with E-state index >= 15 is 0 Å². The summed E-state index contributed by atoms with van der Waals surface area (Å²) in [6, 6.07) is 8.46. The molecule has 3 heteroatoms. The summed E-state index contributed by atoms with van der Waals surface area (Å²) in [7, 11) is 0. The highest BCUT2D eigenvalue weighted by Gasteiger charge is 2.17. The minimum absolute atomic E-state index is 0.412. The molecule has 0 bridgehead atoms. The second-order valence-electron chi connectivity index (χ2n) is 4.01. The molecule has 2 N–H and O–H groups in total. The van der Waals surface area contributed by atoms with E-state index in [1.807, 2.05) is 6.20 Å². The maximum atomic E-state index is 5.55. The molecule has 2 aromatic rings. The van der Waals surface area contributed by atoms with Crippen LogP contribution < -0.4 is 5.73 Å². The summed E-state index contributed by atoms with van der Waals surface area (Å²) in [5.74, 6) is 0.734. The summed E-state index contributed by atoms with van der Waals surface area (Å²) in [6.07, 6.45) is 3.95. The van der Waals surface area contributed by atoms with Crippen molar-refractivity contribution in [1.29, 1.82) is 0 Å². The Morgan fingerprint density at radius 1 is 1.12 bits per heavy atom. The molecule has 0 aliphatic heterocycles. The van der Waals surface area contributed by atoms with Crippen molar-refractivity contribution in [2.24, 2.45) is 5.73 Å². The lowest BCUT2D eigenvalue weighted by molar-refractivity contribution is 0.828. The van der Waals surface area contributed by atoms with Crippen molar-refractivity contribution in [3.8, 4) is 11.1 Å². The third kappa shape index (κ3) is 1.41. The van der Waals surface area contributed by atoms with Gasteiger partial charge < -0.3 is 5.73 Å². The highest BCUT2D eigenvalue weighted by Crippen LogP contribution is 2.31. The molecule has 1 aromatic heterocycles. The molecule has 0 atom stereocenters. The van der Waals surface area contributed by atoms with Crippen LogP contribution in [0.3, 0.4) is 0 Å². The molecule has 1 aromatic carbocycles. The van der Waals surface area contributed by atoms with Gasteiger partial charge in [0, 0.05) is 11.8 Å². The highest BCUT2D eigenvalue weighted by atomic mass is 14.9. The van der Waals surface area contributed by atoms with Crippen molar-refractivity contribution in [3.63, 3.8) is 0 Å². The van der Waals surface area contributed by atoms with Crippen molar-refractivity contribution in [1.82, 2.24) is 9.97 Å². The van der Waals surface area contributed by atoms with Gasteiger partial charge in [-0.15, -0.1) is 0 Å². The van der Waals surface area contributed by atoms with Crippen LogP contribution in [0.25, 0.3) is 11.1 Å². The van der Waals surface area contributed by atoms with Crippen molar-refractivity contribution in [2.75, 3.05) is 0 Å². The molecule has 0 amide bonds. The standard InChI is InChI=1S/C13H13N3/c14-7-13-15-8-11-10-4-2-1-3-9(10)5-6-12(11)16-13/h1-4,8H,5-7,14H2. The van der Waals surface area contributed by atoms with Gasteiger partial charge in [0.2, 0.25) is 0 Å². The van der Waals surface area contributed by atoms with Crippen LogP contribution in [0.15, 0.2) is 30.5 Å². The van der Waals surface area contributed by atoms with Gasteiger partial charge in [-0.25, -0.2) is 9.97 Å². The first-order chi connectivity index (χ1) is 7.88. The molecule has 0 saturated heterocycles. The van der Waals surface area contributed by atoms with Gasteiger partial charge in [-0.1, -0.05) is 24.3 Å². The Balaban J connectivity index is 2.18. The van der Waals surface area contributed by atoms with Gasteiger partial charge in [0.1, 0.15) is 5.82 Å². The van der Waals surface area contributed by atoms with Gasteiger partial charge in [-0.3, -0.25) is 0 Å². The van der Waals surface area contributed by atoms with Crippen LogP contribution in [0.5, 0.6) is 0 Å². The molecule has 16 heavy (non-hydrogen) atoms. The van der Waals surface area contributed by atoms with E-state index in [0.29, 0.717) is 6.54 Å². The van der Waals surface area contributed by atoms with Gasteiger partial charge in [0.05, 0.1) is 12.2 Å². The average molecular weight is 211 g/mol. The number of aromatic nitrogens is 2. The Hall–Kier alpha value is -1.74. The number of nitrogens with two attached hydrogens (primary N) is 1. The van der Waals surface area contributed by atoms with Gasteiger partial charge in [0.25, 0.3) is 0 Å². The first kappa shape index (κ1) is 9.48. The Bertz CT molecular complexity index is 534. The SMILES string of the molecule is NCc1ncc2c(n1)CCc1ccccc1-2. The van der Waals surface area contributed by atoms with Gasteiger partial charge in [-0.05, 0) is 24.0 Å². The number of hydrogen-bond acceptors (Lipinski definition) is 3. The van der Waals surface area contributed by atoms with Crippen LogP contribution in [0, 0.1) is 0 Å². The average Bonchev–Trinajstić information content (AvgIpc) is 2.38. The molecule has 0 unspecified atom stereocenters. The lowest BCUT2D eigenvalue weighted by Gasteiger charge is -2.18. The zero-order chi connectivity index (χ0) is 11.0. The third-order valence-electron chi connectivity index (χ3n) is 3.04. The number of benzene rings is 1. The largest absolute Gasteiger partial charge is 0.324 e. The zero-order valence-corrected chi connectivity index (χ0v) is 8.98. The predicted octanol–water partition coefficient (Wildman–Crippen LogP) is 1.70. The lowest BCUT2D eigenvalue weighted by Crippen LogP contribution is -2.11. The van der Waals surface area contributed by atoms with Gasteiger partial charge >= 0.3 is 0 Å². The van der Waals surface area contributed by atoms with Crippen LogP contribution in [0.1, 0.15) is 17.1 Å². The number of rotatable bonds is 1. The Morgan fingerprint density at radius 2 is 2.00 bits per heavy atom. The van der Waals surface area contributed by atoms with E-state index in [1.165, 1.54) is 16.7 Å². The number of fused-ring (bicyclic) bond motifs is 3. The summed E-state index contributed by atoms with van der Waals surface area (Å²) in [5.41, 5.74) is 10.5. The Morgan fingerprint density at radius 3 is 2.88 bits per heavy atom. The molecule has 1 heterocycles. The molecule has 80 valence electrons. The molecule has 3 rings (SSSR count). The fraction of sp³-hybridized carbons (Fsp3) is 0.231. The van der Waals surface area contributed by atoms with Crippen LogP contribution in [0.2, 0.25) is 0 Å². The Labute approximate surface area is 94.4 Å². The van der Waals surface area contributed by atoms with E-state index in [9.17, 15) is 0 Å². The van der Waals surface area contributed by atoms with E-state index in [1.54, 1.807) is 0 Å². The van der Waals surface area contributed by atoms with E-state index in [0.717, 1.165) is 24.4 Å². The maximum Gasteiger partial charge on any atom is 0.142 e. The van der Waals surface area contributed by atoms with Crippen LogP contribution in [-0.4, -0.2) is 9.97 Å². The van der Waals surface area contributed by atoms with Crippen molar-refractivity contribution < 1.29 is 0 Å². The molecule has 0 fully saturated rings. The molecule has 3 nitrogen and oxygen atoms in total. The van der Waals surface area contributed by atoms with E-state index in [-0.39, 0.29) is 0 Å². The van der Waals surface area contributed by atoms with Crippen LogP contribution in [-0.2, 0) is 19.4 Å². The number of aryl methyl sites for hydroxylation is 2. The summed E-state index contributed by atoms with van der Waals surface area (Å²) in [5, 5.41) is 0. The predicted molar refractivity (Wildman–Crippen MR) is 62.8 cm³/mol. The number of hydrogen-bond donors (Lipinski definition) is 1. The topological polar surface area (TPSA) is 51.8 Å². The van der Waals surface area contributed by atoms with Crippen molar-refractivity contribution in [2.45, 2.75) is 19.4 Å². The molecule has 0 radical (unpaired) electrons. The summed E-state index contributed by atoms with van der Waals surface area (Å²) in [4.78, 5) is 8.77. The first-order valence-corrected chi connectivity index (χ1v) is 5.51. The molecule has 1 aliphatic rings. The lowest BCUT2D eigenvalue weighted by atomic mass is 9.89. The second-order valence-corrected chi connectivity index (χ2v) is 4.01. The molecular weight excluding hydrogens is 198 g/mol. The smallest absolute Gasteiger partial charge is 0.142 e. The molecule has 0 saturated carbocycles. The maximum absolute atomic E-state index is 5.55. The molecule has 1 aliphatic carbocycles.